The molecule has 0 amide bonds. The Morgan fingerprint density at radius 3 is 2.23 bits per heavy atom. The molecule has 2 aromatic heterocycles. The monoisotopic (exact) mass is 637 g/mol. The number of hydrogen-bond donors (Lipinski definition) is 2. The summed E-state index contributed by atoms with van der Waals surface area (Å²) in [6.45, 7) is 4.66. The quantitative estimate of drug-likeness (QED) is 0.167. The van der Waals surface area contributed by atoms with Crippen LogP contribution in [0.3, 0.4) is 0 Å². The first-order chi connectivity index (χ1) is 20.5. The summed E-state index contributed by atoms with van der Waals surface area (Å²) in [6.07, 6.45) is 0.348. The van der Waals surface area contributed by atoms with E-state index in [1.54, 1.807) is 27.4 Å². The van der Waals surface area contributed by atoms with E-state index in [-0.39, 0.29) is 12.6 Å². The van der Waals surface area contributed by atoms with Gasteiger partial charge in [-0.15, -0.1) is 0 Å². The average Bonchev–Trinajstić information content (AvgIpc) is 3.42. The molecule has 4 aromatic rings. The zero-order valence-corrected chi connectivity index (χ0v) is 24.7. The highest BCUT2D eigenvalue weighted by molar-refractivity contribution is 7.98. The second kappa shape index (κ2) is 13.5. The number of nitrogens with zero attached hydrogens (tertiary/aromatic N) is 5. The van der Waals surface area contributed by atoms with E-state index in [1.165, 1.54) is 18.2 Å². The molecule has 2 saturated heterocycles. The van der Waals surface area contributed by atoms with Crippen LogP contribution >= 0.6 is 23.7 Å². The van der Waals surface area contributed by atoms with Crippen molar-refractivity contribution in [3.63, 3.8) is 0 Å². The van der Waals surface area contributed by atoms with E-state index in [1.807, 2.05) is 30.5 Å². The van der Waals surface area contributed by atoms with Crippen LogP contribution in [0, 0.1) is 5.82 Å². The molecule has 0 spiro atoms. The van der Waals surface area contributed by atoms with Crippen molar-refractivity contribution >= 4 is 35.1 Å². The standard InChI is InChI=1S/C27H26ClF2N7S.C2H3F3/c28-19-13-23(26(30)25(14-19)34-38-36-15-20(29)16-36)24-17-37(33-27(24)18-5-7-31-8-6-18)22-3-1-21(2-4-22)35-11-9-32-10-12-35;1-2(3,4)5/h1-8,13-14,17,20,32,34H,9-12,15-16H2;1H3. The maximum Gasteiger partial charge on any atom is 0.386 e. The number of benzene rings is 2. The summed E-state index contributed by atoms with van der Waals surface area (Å²) >= 11 is 7.61. The molecule has 0 bridgehead atoms. The maximum atomic E-state index is 15.9. The van der Waals surface area contributed by atoms with Crippen molar-refractivity contribution in [3.05, 3.63) is 78.0 Å². The van der Waals surface area contributed by atoms with Crippen LogP contribution < -0.4 is 14.9 Å². The minimum absolute atomic E-state index is 0.188. The van der Waals surface area contributed by atoms with E-state index in [0.29, 0.717) is 34.9 Å². The minimum atomic E-state index is -4.00. The van der Waals surface area contributed by atoms with E-state index in [4.69, 9.17) is 16.7 Å². The number of alkyl halides is 4. The largest absolute Gasteiger partial charge is 0.386 e. The number of nitrogens with one attached hydrogen (secondary N) is 2. The van der Waals surface area contributed by atoms with Crippen molar-refractivity contribution < 1.29 is 22.0 Å². The second-order valence-corrected chi connectivity index (χ2v) is 11.4. The van der Waals surface area contributed by atoms with Crippen molar-refractivity contribution in [1.29, 1.82) is 0 Å². The van der Waals surface area contributed by atoms with Gasteiger partial charge in [-0.3, -0.25) is 4.98 Å². The molecule has 2 N–H and O–H groups in total. The fourth-order valence-corrected chi connectivity index (χ4v) is 5.67. The highest BCUT2D eigenvalue weighted by Gasteiger charge is 2.27. The van der Waals surface area contributed by atoms with Crippen LogP contribution in [0.25, 0.3) is 28.1 Å². The van der Waals surface area contributed by atoms with Crippen molar-refractivity contribution in [1.82, 2.24) is 24.4 Å². The van der Waals surface area contributed by atoms with Gasteiger partial charge in [0.15, 0.2) is 5.82 Å². The Morgan fingerprint density at radius 1 is 0.977 bits per heavy atom. The first kappa shape index (κ1) is 31.0. The molecule has 0 aliphatic carbocycles. The number of hydrogen-bond acceptors (Lipinski definition) is 7. The summed E-state index contributed by atoms with van der Waals surface area (Å²) in [5, 5.41) is 8.61. The molecule has 7 nitrogen and oxygen atoms in total. The van der Waals surface area contributed by atoms with E-state index >= 15 is 4.39 Å². The Labute approximate surface area is 255 Å². The van der Waals surface area contributed by atoms with Crippen LogP contribution in [-0.2, 0) is 0 Å². The number of aromatic nitrogens is 3. The van der Waals surface area contributed by atoms with Gasteiger partial charge in [-0.2, -0.15) is 18.3 Å². The van der Waals surface area contributed by atoms with Gasteiger partial charge in [-0.1, -0.05) is 11.6 Å². The third-order valence-corrected chi connectivity index (χ3v) is 7.77. The zero-order valence-electron chi connectivity index (χ0n) is 23.1. The van der Waals surface area contributed by atoms with Gasteiger partial charge in [-0.05, 0) is 48.5 Å². The summed E-state index contributed by atoms with van der Waals surface area (Å²) in [5.41, 5.74) is 4.60. The van der Waals surface area contributed by atoms with Gasteiger partial charge in [-0.25, -0.2) is 17.8 Å². The molecule has 228 valence electrons. The smallest absolute Gasteiger partial charge is 0.369 e. The lowest BCUT2D eigenvalue weighted by Gasteiger charge is -2.32. The van der Waals surface area contributed by atoms with Crippen molar-refractivity contribution in [2.75, 3.05) is 48.9 Å². The first-order valence-corrected chi connectivity index (χ1v) is 14.6. The number of halogens is 6. The highest BCUT2D eigenvalue weighted by atomic mass is 35.5. The van der Waals surface area contributed by atoms with Gasteiger partial charge in [0.1, 0.15) is 11.9 Å². The van der Waals surface area contributed by atoms with Gasteiger partial charge in [0.2, 0.25) is 0 Å². The fourth-order valence-electron chi connectivity index (χ4n) is 4.60. The molecule has 43 heavy (non-hydrogen) atoms. The summed E-state index contributed by atoms with van der Waals surface area (Å²) in [4.78, 5) is 6.46. The Kier molecular flexibility index (Phi) is 9.75. The molecule has 2 aliphatic heterocycles. The molecule has 0 radical (unpaired) electrons. The van der Waals surface area contributed by atoms with Crippen molar-refractivity contribution in [2.24, 2.45) is 0 Å². The van der Waals surface area contributed by atoms with Crippen LogP contribution in [0.5, 0.6) is 0 Å². The van der Waals surface area contributed by atoms with Gasteiger partial charge >= 0.3 is 6.18 Å². The molecule has 0 saturated carbocycles. The van der Waals surface area contributed by atoms with Gasteiger partial charge in [0, 0.05) is 104 Å². The fraction of sp³-hybridized carbons (Fsp3) is 0.310. The Balaban J connectivity index is 0.000000682. The van der Waals surface area contributed by atoms with E-state index in [2.05, 4.69) is 32.1 Å². The SMILES string of the molecule is CC(F)(F)F.Fc1c(NSN2CC(F)C2)cc(Cl)cc1-c1cn(-c2ccc(N3CCNCC3)cc2)nc1-c1ccncc1. The van der Waals surface area contributed by atoms with E-state index < -0.39 is 18.2 Å². The van der Waals surface area contributed by atoms with E-state index in [0.717, 1.165) is 43.1 Å². The third kappa shape index (κ3) is 8.17. The third-order valence-electron chi connectivity index (χ3n) is 6.68. The lowest BCUT2D eigenvalue weighted by atomic mass is 10.0. The van der Waals surface area contributed by atoms with Crippen LogP contribution in [0.15, 0.2) is 67.1 Å². The van der Waals surface area contributed by atoms with Crippen LogP contribution in [0.1, 0.15) is 6.92 Å². The van der Waals surface area contributed by atoms with Crippen molar-refractivity contribution in [3.8, 4) is 28.1 Å². The van der Waals surface area contributed by atoms with Gasteiger partial charge in [0.05, 0.1) is 11.4 Å². The molecule has 2 fully saturated rings. The molecular formula is C29H29ClF5N7S. The molecule has 0 atom stereocenters. The molecule has 2 aliphatic rings. The molecule has 6 rings (SSSR count). The summed E-state index contributed by atoms with van der Waals surface area (Å²) in [6, 6.07) is 15.0. The first-order valence-electron chi connectivity index (χ1n) is 13.5. The average molecular weight is 638 g/mol. The normalized spacial score (nSPS) is 15.9. The molecule has 0 unspecified atom stereocenters. The Morgan fingerprint density at radius 2 is 1.60 bits per heavy atom. The number of pyridine rings is 1. The van der Waals surface area contributed by atoms with Gasteiger partial charge < -0.3 is 14.9 Å². The molecule has 4 heterocycles. The zero-order chi connectivity index (χ0) is 30.6. The van der Waals surface area contributed by atoms with Gasteiger partial charge in [0.25, 0.3) is 0 Å². The summed E-state index contributed by atoms with van der Waals surface area (Å²) in [7, 11) is 0. The summed E-state index contributed by atoms with van der Waals surface area (Å²) in [5.74, 6) is -0.455. The van der Waals surface area contributed by atoms with Crippen LogP contribution in [0.2, 0.25) is 5.02 Å². The molecule has 2 aromatic carbocycles. The summed E-state index contributed by atoms with van der Waals surface area (Å²) < 4.78 is 66.7. The highest BCUT2D eigenvalue weighted by Crippen LogP contribution is 2.38. The topological polar surface area (TPSA) is 61.2 Å². The van der Waals surface area contributed by atoms with Crippen LogP contribution in [-0.4, -0.2) is 70.7 Å². The predicted octanol–water partition coefficient (Wildman–Crippen LogP) is 7.00. The van der Waals surface area contributed by atoms with Crippen molar-refractivity contribution in [2.45, 2.75) is 19.3 Å². The number of rotatable bonds is 7. The van der Waals surface area contributed by atoms with Crippen LogP contribution in [0.4, 0.5) is 33.3 Å². The minimum Gasteiger partial charge on any atom is -0.369 e. The molecule has 14 heteroatoms. The number of anilines is 2. The lowest BCUT2D eigenvalue weighted by molar-refractivity contribution is -0.110. The Bertz CT molecular complexity index is 1500. The predicted molar refractivity (Wildman–Crippen MR) is 162 cm³/mol. The molecular weight excluding hydrogens is 609 g/mol. The second-order valence-electron chi connectivity index (χ2n) is 10.1. The lowest BCUT2D eigenvalue weighted by Crippen LogP contribution is -2.44. The van der Waals surface area contributed by atoms with E-state index in [9.17, 15) is 17.6 Å². The maximum absolute atomic E-state index is 15.9. The Hall–Kier alpha value is -3.39. The number of piperazine rings is 1.